The molecule has 0 aromatic carbocycles. The van der Waals surface area contributed by atoms with Crippen molar-refractivity contribution in [1.82, 2.24) is 10.3 Å². The van der Waals surface area contributed by atoms with E-state index in [-0.39, 0.29) is 0 Å². The molecule has 0 atom stereocenters. The minimum atomic E-state index is 0.724. The van der Waals surface area contributed by atoms with Gasteiger partial charge in [0, 0.05) is 62.5 Å². The number of rotatable bonds is 6. The highest BCUT2D eigenvalue weighted by molar-refractivity contribution is 5.54. The Hall–Kier alpha value is -1.13. The SMILES string of the molecule is COCC1CCN(c2cc(C)ncc2CNC2CC2)CC1. The van der Waals surface area contributed by atoms with Gasteiger partial charge in [0.1, 0.15) is 0 Å². The summed E-state index contributed by atoms with van der Waals surface area (Å²) in [5.41, 5.74) is 3.84. The summed E-state index contributed by atoms with van der Waals surface area (Å²) in [7, 11) is 1.81. The van der Waals surface area contributed by atoms with E-state index in [0.717, 1.165) is 43.9 Å². The number of nitrogens with one attached hydrogen (secondary N) is 1. The van der Waals surface area contributed by atoms with Crippen LogP contribution in [0.3, 0.4) is 0 Å². The van der Waals surface area contributed by atoms with Crippen LogP contribution >= 0.6 is 0 Å². The predicted octanol–water partition coefficient (Wildman–Crippen LogP) is 2.50. The van der Waals surface area contributed by atoms with Gasteiger partial charge in [-0.3, -0.25) is 4.98 Å². The Morgan fingerprint density at radius 3 is 2.71 bits per heavy atom. The molecule has 4 nitrogen and oxygen atoms in total. The summed E-state index contributed by atoms with van der Waals surface area (Å²) in [6, 6.07) is 2.99. The normalized spacial score (nSPS) is 20.0. The number of methoxy groups -OCH3 is 1. The molecule has 2 aliphatic rings. The van der Waals surface area contributed by atoms with Gasteiger partial charge in [-0.05, 0) is 44.6 Å². The van der Waals surface area contributed by atoms with Crippen molar-refractivity contribution in [3.8, 4) is 0 Å². The van der Waals surface area contributed by atoms with Gasteiger partial charge in [0.2, 0.25) is 0 Å². The zero-order valence-corrected chi connectivity index (χ0v) is 13.3. The molecule has 0 unspecified atom stereocenters. The maximum Gasteiger partial charge on any atom is 0.0491 e. The number of pyridine rings is 1. The van der Waals surface area contributed by atoms with Gasteiger partial charge in [0.15, 0.2) is 0 Å². The van der Waals surface area contributed by atoms with Crippen LogP contribution in [0, 0.1) is 12.8 Å². The summed E-state index contributed by atoms with van der Waals surface area (Å²) in [5.74, 6) is 0.724. The Labute approximate surface area is 127 Å². The standard InChI is InChI=1S/C17H27N3O/c1-13-9-17(15(10-18-13)11-19-16-3-4-16)20-7-5-14(6-8-20)12-21-2/h9-10,14,16,19H,3-8,11-12H2,1-2H3. The fourth-order valence-electron chi connectivity index (χ4n) is 3.12. The maximum atomic E-state index is 5.30. The Morgan fingerprint density at radius 2 is 2.05 bits per heavy atom. The quantitative estimate of drug-likeness (QED) is 0.873. The number of aromatic nitrogens is 1. The summed E-state index contributed by atoms with van der Waals surface area (Å²) >= 11 is 0. The first-order chi connectivity index (χ1) is 10.3. The summed E-state index contributed by atoms with van der Waals surface area (Å²) in [6.07, 6.45) is 7.17. The first kappa shape index (κ1) is 14.8. The van der Waals surface area contributed by atoms with Crippen molar-refractivity contribution in [3.63, 3.8) is 0 Å². The van der Waals surface area contributed by atoms with Crippen molar-refractivity contribution < 1.29 is 4.74 Å². The lowest BCUT2D eigenvalue weighted by molar-refractivity contribution is 0.139. The highest BCUT2D eigenvalue weighted by Gasteiger charge is 2.23. The molecule has 0 amide bonds. The maximum absolute atomic E-state index is 5.30. The highest BCUT2D eigenvalue weighted by atomic mass is 16.5. The van der Waals surface area contributed by atoms with Crippen LogP contribution in [0.5, 0.6) is 0 Å². The number of aryl methyl sites for hydroxylation is 1. The van der Waals surface area contributed by atoms with Gasteiger partial charge in [0.25, 0.3) is 0 Å². The van der Waals surface area contributed by atoms with E-state index in [1.165, 1.54) is 36.9 Å². The van der Waals surface area contributed by atoms with Crippen LogP contribution < -0.4 is 10.2 Å². The molecular formula is C17H27N3O. The molecule has 1 aromatic rings. The van der Waals surface area contributed by atoms with Gasteiger partial charge in [-0.25, -0.2) is 0 Å². The van der Waals surface area contributed by atoms with E-state index in [2.05, 4.69) is 34.4 Å². The number of hydrogen-bond acceptors (Lipinski definition) is 4. The molecule has 4 heteroatoms. The fourth-order valence-corrected chi connectivity index (χ4v) is 3.12. The van der Waals surface area contributed by atoms with E-state index >= 15 is 0 Å². The summed E-state index contributed by atoms with van der Waals surface area (Å²) in [4.78, 5) is 7.02. The van der Waals surface area contributed by atoms with Gasteiger partial charge >= 0.3 is 0 Å². The molecular weight excluding hydrogens is 262 g/mol. The predicted molar refractivity (Wildman–Crippen MR) is 85.6 cm³/mol. The van der Waals surface area contributed by atoms with E-state index in [1.807, 2.05) is 0 Å². The molecule has 0 bridgehead atoms. The largest absolute Gasteiger partial charge is 0.384 e. The monoisotopic (exact) mass is 289 g/mol. The van der Waals surface area contributed by atoms with Crippen molar-refractivity contribution >= 4 is 5.69 Å². The molecule has 2 heterocycles. The van der Waals surface area contributed by atoms with Crippen molar-refractivity contribution in [2.24, 2.45) is 5.92 Å². The van der Waals surface area contributed by atoms with Crippen LogP contribution in [0.4, 0.5) is 5.69 Å². The fraction of sp³-hybridized carbons (Fsp3) is 0.706. The molecule has 0 spiro atoms. The minimum absolute atomic E-state index is 0.724. The lowest BCUT2D eigenvalue weighted by Crippen LogP contribution is -2.36. The Balaban J connectivity index is 1.66. The van der Waals surface area contributed by atoms with Crippen LogP contribution in [0.25, 0.3) is 0 Å². The van der Waals surface area contributed by atoms with Crippen LogP contribution in [0.1, 0.15) is 36.9 Å². The number of anilines is 1. The molecule has 1 aliphatic heterocycles. The lowest BCUT2D eigenvalue weighted by Gasteiger charge is -2.34. The second-order valence-electron chi connectivity index (χ2n) is 6.50. The molecule has 1 saturated heterocycles. The average Bonchev–Trinajstić information content (AvgIpc) is 3.31. The zero-order chi connectivity index (χ0) is 14.7. The van der Waals surface area contributed by atoms with Gasteiger partial charge < -0.3 is 15.0 Å². The molecule has 1 saturated carbocycles. The van der Waals surface area contributed by atoms with Gasteiger partial charge in [0.05, 0.1) is 0 Å². The lowest BCUT2D eigenvalue weighted by atomic mass is 9.97. The topological polar surface area (TPSA) is 37.4 Å². The zero-order valence-electron chi connectivity index (χ0n) is 13.3. The van der Waals surface area contributed by atoms with Crippen LogP contribution in [-0.4, -0.2) is 37.8 Å². The summed E-state index contributed by atoms with van der Waals surface area (Å²) < 4.78 is 5.30. The number of piperidine rings is 1. The molecule has 2 fully saturated rings. The Morgan fingerprint density at radius 1 is 1.29 bits per heavy atom. The van der Waals surface area contributed by atoms with Crippen LogP contribution in [0.15, 0.2) is 12.3 Å². The van der Waals surface area contributed by atoms with E-state index in [0.29, 0.717) is 0 Å². The minimum Gasteiger partial charge on any atom is -0.384 e. The van der Waals surface area contributed by atoms with Crippen molar-refractivity contribution in [1.29, 1.82) is 0 Å². The molecule has 116 valence electrons. The van der Waals surface area contributed by atoms with Gasteiger partial charge in [-0.2, -0.15) is 0 Å². The third-order valence-corrected chi connectivity index (χ3v) is 4.61. The molecule has 1 aromatic heterocycles. The van der Waals surface area contributed by atoms with E-state index < -0.39 is 0 Å². The average molecular weight is 289 g/mol. The van der Waals surface area contributed by atoms with E-state index in [1.54, 1.807) is 7.11 Å². The Bertz CT molecular complexity index is 465. The number of ether oxygens (including phenoxy) is 1. The summed E-state index contributed by atoms with van der Waals surface area (Å²) in [5, 5.41) is 3.61. The summed E-state index contributed by atoms with van der Waals surface area (Å²) in [6.45, 7) is 6.20. The third kappa shape index (κ3) is 3.95. The van der Waals surface area contributed by atoms with E-state index in [9.17, 15) is 0 Å². The Kier molecular flexibility index (Phi) is 4.76. The second kappa shape index (κ2) is 6.75. The first-order valence-electron chi connectivity index (χ1n) is 8.19. The van der Waals surface area contributed by atoms with Gasteiger partial charge in [-0.15, -0.1) is 0 Å². The van der Waals surface area contributed by atoms with Gasteiger partial charge in [-0.1, -0.05) is 0 Å². The number of hydrogen-bond donors (Lipinski definition) is 1. The third-order valence-electron chi connectivity index (χ3n) is 4.61. The smallest absolute Gasteiger partial charge is 0.0491 e. The van der Waals surface area contributed by atoms with Crippen LogP contribution in [-0.2, 0) is 11.3 Å². The van der Waals surface area contributed by atoms with Crippen molar-refractivity contribution in [2.45, 2.75) is 45.2 Å². The molecule has 1 N–H and O–H groups in total. The van der Waals surface area contributed by atoms with Crippen molar-refractivity contribution in [2.75, 3.05) is 31.7 Å². The highest BCUT2D eigenvalue weighted by Crippen LogP contribution is 2.28. The number of nitrogens with zero attached hydrogens (tertiary/aromatic N) is 2. The molecule has 0 radical (unpaired) electrons. The van der Waals surface area contributed by atoms with Crippen LogP contribution in [0.2, 0.25) is 0 Å². The van der Waals surface area contributed by atoms with Crippen molar-refractivity contribution in [3.05, 3.63) is 23.5 Å². The molecule has 3 rings (SSSR count). The first-order valence-corrected chi connectivity index (χ1v) is 8.19. The van der Waals surface area contributed by atoms with E-state index in [4.69, 9.17) is 4.74 Å². The molecule has 1 aliphatic carbocycles. The second-order valence-corrected chi connectivity index (χ2v) is 6.50. The molecule has 21 heavy (non-hydrogen) atoms.